The third-order valence-electron chi connectivity index (χ3n) is 5.97. The average molecular weight is 441 g/mol. The minimum Gasteiger partial charge on any atom is -0.350 e. The van der Waals surface area contributed by atoms with Gasteiger partial charge in [0.2, 0.25) is 0 Å². The van der Waals surface area contributed by atoms with E-state index in [1.807, 2.05) is 36.4 Å². The Kier molecular flexibility index (Phi) is 6.95. The first-order chi connectivity index (χ1) is 16.1. The second-order valence-corrected chi connectivity index (χ2v) is 7.84. The summed E-state index contributed by atoms with van der Waals surface area (Å²) in [6.07, 6.45) is 1.52. The number of nitrogens with zero attached hydrogens (tertiary/aromatic N) is 3. The maximum Gasteiger partial charge on any atom is 0.265 e. The predicted octanol–water partition coefficient (Wildman–Crippen LogP) is 4.20. The Hall–Kier alpha value is -3.77. The zero-order valence-corrected chi connectivity index (χ0v) is 18.9. The molecule has 4 aromatic rings. The van der Waals surface area contributed by atoms with Crippen LogP contribution in [0, 0.1) is 0 Å². The highest BCUT2D eigenvalue weighted by Gasteiger charge is 2.19. The van der Waals surface area contributed by atoms with Gasteiger partial charge in [-0.15, -0.1) is 0 Å². The van der Waals surface area contributed by atoms with E-state index in [0.29, 0.717) is 28.7 Å². The van der Waals surface area contributed by atoms with Crippen molar-refractivity contribution in [1.82, 2.24) is 19.8 Å². The molecule has 33 heavy (non-hydrogen) atoms. The molecule has 1 atom stereocenters. The molecule has 0 spiro atoms. The largest absolute Gasteiger partial charge is 0.350 e. The number of likely N-dealkylation sites (N-methyl/N-ethyl adjacent to an activating group) is 1. The lowest BCUT2D eigenvalue weighted by molar-refractivity contribution is 0.0935. The summed E-state index contributed by atoms with van der Waals surface area (Å²) in [4.78, 5) is 32.4. The molecule has 0 aliphatic carbocycles. The van der Waals surface area contributed by atoms with Crippen molar-refractivity contribution in [2.45, 2.75) is 19.9 Å². The van der Waals surface area contributed by atoms with E-state index in [0.717, 1.165) is 13.1 Å². The number of rotatable bonds is 8. The molecule has 6 nitrogen and oxygen atoms in total. The Balaban J connectivity index is 1.50. The van der Waals surface area contributed by atoms with E-state index < -0.39 is 0 Å². The van der Waals surface area contributed by atoms with E-state index in [9.17, 15) is 9.59 Å². The van der Waals surface area contributed by atoms with Gasteiger partial charge in [0.05, 0.1) is 22.6 Å². The van der Waals surface area contributed by atoms with E-state index in [2.05, 4.69) is 41.2 Å². The van der Waals surface area contributed by atoms with E-state index >= 15 is 0 Å². The van der Waals surface area contributed by atoms with Crippen LogP contribution in [-0.2, 0) is 0 Å². The average Bonchev–Trinajstić information content (AvgIpc) is 2.87. The summed E-state index contributed by atoms with van der Waals surface area (Å²) in [5.41, 5.74) is 2.92. The first-order valence-corrected chi connectivity index (χ1v) is 11.3. The first-order valence-electron chi connectivity index (χ1n) is 11.3. The second kappa shape index (κ2) is 10.2. The van der Waals surface area contributed by atoms with Gasteiger partial charge in [0.25, 0.3) is 11.5 Å². The third-order valence-corrected chi connectivity index (χ3v) is 5.97. The summed E-state index contributed by atoms with van der Waals surface area (Å²) in [7, 11) is 0. The number of nitrogens with one attached hydrogen (secondary N) is 1. The van der Waals surface area contributed by atoms with Gasteiger partial charge in [-0.1, -0.05) is 56.3 Å². The summed E-state index contributed by atoms with van der Waals surface area (Å²) >= 11 is 0. The summed E-state index contributed by atoms with van der Waals surface area (Å²) in [5.74, 6) is -0.140. The van der Waals surface area contributed by atoms with Gasteiger partial charge in [0.1, 0.15) is 6.33 Å². The molecule has 1 N–H and O–H groups in total. The molecule has 1 amide bonds. The van der Waals surface area contributed by atoms with Crippen LogP contribution in [0.15, 0.2) is 90.0 Å². The smallest absolute Gasteiger partial charge is 0.265 e. The number of carbonyl (C=O) groups is 1. The lowest BCUT2D eigenvalue weighted by Gasteiger charge is -2.30. The third kappa shape index (κ3) is 4.86. The van der Waals surface area contributed by atoms with Gasteiger partial charge in [-0.25, -0.2) is 4.98 Å². The Morgan fingerprint density at radius 3 is 2.30 bits per heavy atom. The number of benzene rings is 3. The van der Waals surface area contributed by atoms with Gasteiger partial charge >= 0.3 is 0 Å². The number of aromatic nitrogens is 2. The van der Waals surface area contributed by atoms with Crippen molar-refractivity contribution in [3.8, 4) is 5.69 Å². The van der Waals surface area contributed by atoms with Crippen molar-refractivity contribution in [1.29, 1.82) is 0 Å². The molecule has 168 valence electrons. The predicted molar refractivity (Wildman–Crippen MR) is 132 cm³/mol. The van der Waals surface area contributed by atoms with Crippen LogP contribution in [0.1, 0.15) is 35.8 Å². The van der Waals surface area contributed by atoms with Crippen LogP contribution >= 0.6 is 0 Å². The second-order valence-electron chi connectivity index (χ2n) is 7.84. The zero-order valence-electron chi connectivity index (χ0n) is 18.9. The molecule has 0 bridgehead atoms. The van der Waals surface area contributed by atoms with Gasteiger partial charge in [-0.2, -0.15) is 0 Å². The Morgan fingerprint density at radius 2 is 1.61 bits per heavy atom. The molecule has 1 unspecified atom stereocenters. The maximum absolute atomic E-state index is 12.9. The van der Waals surface area contributed by atoms with Gasteiger partial charge in [-0.3, -0.25) is 19.1 Å². The van der Waals surface area contributed by atoms with Crippen LogP contribution in [0.5, 0.6) is 0 Å². The summed E-state index contributed by atoms with van der Waals surface area (Å²) in [6, 6.07) is 24.6. The molecule has 0 saturated carbocycles. The molecular weight excluding hydrogens is 412 g/mol. The van der Waals surface area contributed by atoms with E-state index in [1.165, 1.54) is 16.5 Å². The first kappa shape index (κ1) is 22.4. The molecule has 1 aromatic heterocycles. The van der Waals surface area contributed by atoms with Gasteiger partial charge in [-0.05, 0) is 55.1 Å². The minimum absolute atomic E-state index is 0.103. The Bertz CT molecular complexity index is 1280. The fourth-order valence-corrected chi connectivity index (χ4v) is 4.12. The van der Waals surface area contributed by atoms with Crippen molar-refractivity contribution in [3.63, 3.8) is 0 Å². The fraction of sp³-hybridized carbons (Fsp3) is 0.222. The van der Waals surface area contributed by atoms with Gasteiger partial charge in [0.15, 0.2) is 0 Å². The summed E-state index contributed by atoms with van der Waals surface area (Å²) < 4.78 is 1.50. The highest BCUT2D eigenvalue weighted by molar-refractivity contribution is 5.94. The van der Waals surface area contributed by atoms with E-state index in [1.54, 1.807) is 30.3 Å². The van der Waals surface area contributed by atoms with Crippen LogP contribution in [0.4, 0.5) is 0 Å². The summed E-state index contributed by atoms with van der Waals surface area (Å²) in [5, 5.41) is 3.64. The van der Waals surface area contributed by atoms with Crippen molar-refractivity contribution in [2.24, 2.45) is 0 Å². The molecule has 6 heteroatoms. The topological polar surface area (TPSA) is 67.2 Å². The van der Waals surface area contributed by atoms with Crippen molar-refractivity contribution >= 4 is 16.8 Å². The number of amides is 1. The van der Waals surface area contributed by atoms with E-state index in [4.69, 9.17) is 0 Å². The van der Waals surface area contributed by atoms with Gasteiger partial charge in [0, 0.05) is 12.1 Å². The van der Waals surface area contributed by atoms with Crippen LogP contribution in [-0.4, -0.2) is 40.0 Å². The zero-order chi connectivity index (χ0) is 23.2. The molecule has 4 rings (SSSR count). The maximum atomic E-state index is 12.9. The molecular formula is C27H28N4O2. The van der Waals surface area contributed by atoms with Crippen LogP contribution < -0.4 is 10.9 Å². The normalized spacial score (nSPS) is 12.1. The number of hydrogen-bond acceptors (Lipinski definition) is 4. The fourth-order valence-electron chi connectivity index (χ4n) is 4.12. The quantitative estimate of drug-likeness (QED) is 0.446. The molecule has 0 fully saturated rings. The minimum atomic E-state index is -0.140. The lowest BCUT2D eigenvalue weighted by atomic mass is 10.0. The Labute approximate surface area is 193 Å². The molecule has 0 aliphatic heterocycles. The molecule has 3 aromatic carbocycles. The number of fused-ring (bicyclic) bond motifs is 1. The standard InChI is InChI=1S/C27H28N4O2/c1-3-30(4-2)25(20-10-6-5-7-11-20)18-28-26(32)21-14-16-22(17-15-21)31-19-29-24-13-9-8-12-23(24)27(31)33/h5-17,19,25H,3-4,18H2,1-2H3,(H,28,32). The SMILES string of the molecule is CCN(CC)C(CNC(=O)c1ccc(-n2cnc3ccccc3c2=O)cc1)c1ccccc1. The number of hydrogen-bond donors (Lipinski definition) is 1. The highest BCUT2D eigenvalue weighted by atomic mass is 16.1. The molecule has 0 aliphatic rings. The van der Waals surface area contributed by atoms with Crippen LogP contribution in [0.3, 0.4) is 0 Å². The van der Waals surface area contributed by atoms with Crippen molar-refractivity contribution < 1.29 is 4.79 Å². The number of carbonyl (C=O) groups excluding carboxylic acids is 1. The highest BCUT2D eigenvalue weighted by Crippen LogP contribution is 2.20. The van der Waals surface area contributed by atoms with Gasteiger partial charge < -0.3 is 5.32 Å². The Morgan fingerprint density at radius 1 is 0.939 bits per heavy atom. The molecule has 1 heterocycles. The number of para-hydroxylation sites is 1. The summed E-state index contributed by atoms with van der Waals surface area (Å²) in [6.45, 7) is 6.57. The van der Waals surface area contributed by atoms with Crippen molar-refractivity contribution in [3.05, 3.63) is 107 Å². The van der Waals surface area contributed by atoms with E-state index in [-0.39, 0.29) is 17.5 Å². The van der Waals surface area contributed by atoms with Crippen molar-refractivity contribution in [2.75, 3.05) is 19.6 Å². The van der Waals surface area contributed by atoms with Crippen LogP contribution in [0.25, 0.3) is 16.6 Å². The molecule has 0 saturated heterocycles. The molecule has 0 radical (unpaired) electrons. The lowest BCUT2D eigenvalue weighted by Crippen LogP contribution is -2.38. The monoisotopic (exact) mass is 440 g/mol. The van der Waals surface area contributed by atoms with Crippen LogP contribution in [0.2, 0.25) is 0 Å².